The SMILES string of the molecule is CC(=O)N(CCC(=O)Nc1c(C)cc(C)cc1C)Cc1ccccc1F. The zero-order valence-electron chi connectivity index (χ0n) is 15.7. The van der Waals surface area contributed by atoms with Gasteiger partial charge in [0.1, 0.15) is 5.82 Å². The molecule has 2 aromatic carbocycles. The van der Waals surface area contributed by atoms with Crippen molar-refractivity contribution in [3.8, 4) is 0 Å². The first-order valence-electron chi connectivity index (χ1n) is 8.64. The molecular weight excluding hydrogens is 331 g/mol. The fourth-order valence-electron chi connectivity index (χ4n) is 3.00. The lowest BCUT2D eigenvalue weighted by Gasteiger charge is -2.21. The van der Waals surface area contributed by atoms with Gasteiger partial charge in [0.2, 0.25) is 11.8 Å². The van der Waals surface area contributed by atoms with Crippen LogP contribution in [0.3, 0.4) is 0 Å². The first-order chi connectivity index (χ1) is 12.3. The highest BCUT2D eigenvalue weighted by molar-refractivity contribution is 5.92. The highest BCUT2D eigenvalue weighted by Gasteiger charge is 2.15. The lowest BCUT2D eigenvalue weighted by molar-refractivity contribution is -0.130. The maximum Gasteiger partial charge on any atom is 0.226 e. The van der Waals surface area contributed by atoms with Crippen LogP contribution in [0.1, 0.15) is 35.6 Å². The molecule has 1 N–H and O–H groups in total. The van der Waals surface area contributed by atoms with E-state index in [2.05, 4.69) is 5.32 Å². The van der Waals surface area contributed by atoms with Gasteiger partial charge in [-0.3, -0.25) is 9.59 Å². The number of hydrogen-bond acceptors (Lipinski definition) is 2. The predicted octanol–water partition coefficient (Wildman–Crippen LogP) is 4.13. The summed E-state index contributed by atoms with van der Waals surface area (Å²) < 4.78 is 13.8. The van der Waals surface area contributed by atoms with E-state index in [1.165, 1.54) is 17.9 Å². The minimum atomic E-state index is -0.353. The van der Waals surface area contributed by atoms with Crippen molar-refractivity contribution >= 4 is 17.5 Å². The smallest absolute Gasteiger partial charge is 0.226 e. The second-order valence-corrected chi connectivity index (χ2v) is 6.60. The van der Waals surface area contributed by atoms with Crippen LogP contribution >= 0.6 is 0 Å². The number of halogens is 1. The molecule has 0 aliphatic rings. The molecule has 0 saturated carbocycles. The lowest BCUT2D eigenvalue weighted by Crippen LogP contribution is -2.32. The van der Waals surface area contributed by atoms with Crippen LogP contribution in [0.4, 0.5) is 10.1 Å². The first-order valence-corrected chi connectivity index (χ1v) is 8.64. The summed E-state index contributed by atoms with van der Waals surface area (Å²) >= 11 is 0. The van der Waals surface area contributed by atoms with Gasteiger partial charge in [0.25, 0.3) is 0 Å². The van der Waals surface area contributed by atoms with Crippen molar-refractivity contribution in [3.63, 3.8) is 0 Å². The Morgan fingerprint density at radius 1 is 1.08 bits per heavy atom. The number of nitrogens with one attached hydrogen (secondary N) is 1. The van der Waals surface area contributed by atoms with E-state index < -0.39 is 0 Å². The van der Waals surface area contributed by atoms with Gasteiger partial charge in [0.15, 0.2) is 0 Å². The van der Waals surface area contributed by atoms with Crippen LogP contribution in [-0.2, 0) is 16.1 Å². The van der Waals surface area contributed by atoms with Gasteiger partial charge < -0.3 is 10.2 Å². The lowest BCUT2D eigenvalue weighted by atomic mass is 10.0. The molecule has 0 fully saturated rings. The van der Waals surface area contributed by atoms with Gasteiger partial charge in [-0.25, -0.2) is 4.39 Å². The molecule has 0 radical (unpaired) electrons. The van der Waals surface area contributed by atoms with E-state index >= 15 is 0 Å². The Labute approximate surface area is 154 Å². The van der Waals surface area contributed by atoms with Gasteiger partial charge in [0, 0.05) is 37.7 Å². The number of rotatable bonds is 6. The Bertz CT molecular complexity index is 794. The van der Waals surface area contributed by atoms with Crippen LogP contribution < -0.4 is 5.32 Å². The van der Waals surface area contributed by atoms with Crippen molar-refractivity contribution in [2.24, 2.45) is 0 Å². The molecule has 4 nitrogen and oxygen atoms in total. The number of carbonyl (C=O) groups excluding carboxylic acids is 2. The van der Waals surface area contributed by atoms with E-state index in [1.54, 1.807) is 18.2 Å². The number of anilines is 1. The van der Waals surface area contributed by atoms with Crippen molar-refractivity contribution < 1.29 is 14.0 Å². The number of amides is 2. The maximum absolute atomic E-state index is 13.8. The number of hydrogen-bond donors (Lipinski definition) is 1. The summed E-state index contributed by atoms with van der Waals surface area (Å²) in [5.41, 5.74) is 4.40. The zero-order chi connectivity index (χ0) is 19.3. The third kappa shape index (κ3) is 5.15. The van der Waals surface area contributed by atoms with Crippen LogP contribution in [0.15, 0.2) is 36.4 Å². The van der Waals surface area contributed by atoms with Crippen molar-refractivity contribution in [2.75, 3.05) is 11.9 Å². The van der Waals surface area contributed by atoms with E-state index in [9.17, 15) is 14.0 Å². The summed E-state index contributed by atoms with van der Waals surface area (Å²) in [6.07, 6.45) is 0.154. The van der Waals surface area contributed by atoms with Crippen molar-refractivity contribution in [2.45, 2.75) is 40.7 Å². The number of nitrogens with zero attached hydrogens (tertiary/aromatic N) is 1. The van der Waals surface area contributed by atoms with Gasteiger partial charge in [-0.05, 0) is 38.0 Å². The molecule has 0 heterocycles. The molecular formula is C21H25FN2O2. The van der Waals surface area contributed by atoms with Crippen LogP contribution in [0.5, 0.6) is 0 Å². The topological polar surface area (TPSA) is 49.4 Å². The average molecular weight is 356 g/mol. The summed E-state index contributed by atoms with van der Waals surface area (Å²) in [6.45, 7) is 7.73. The van der Waals surface area contributed by atoms with Gasteiger partial charge in [-0.2, -0.15) is 0 Å². The van der Waals surface area contributed by atoms with Crippen LogP contribution in [0.2, 0.25) is 0 Å². The molecule has 26 heavy (non-hydrogen) atoms. The molecule has 0 atom stereocenters. The van der Waals surface area contributed by atoms with Gasteiger partial charge >= 0.3 is 0 Å². The zero-order valence-corrected chi connectivity index (χ0v) is 15.7. The largest absolute Gasteiger partial charge is 0.338 e. The third-order valence-corrected chi connectivity index (χ3v) is 4.31. The molecule has 0 bridgehead atoms. The van der Waals surface area contributed by atoms with E-state index in [4.69, 9.17) is 0 Å². The maximum atomic E-state index is 13.8. The molecule has 0 unspecified atom stereocenters. The van der Waals surface area contributed by atoms with Crippen molar-refractivity contribution in [3.05, 3.63) is 64.5 Å². The molecule has 138 valence electrons. The number of aryl methyl sites for hydroxylation is 3. The highest BCUT2D eigenvalue weighted by Crippen LogP contribution is 2.22. The van der Waals surface area contributed by atoms with E-state index in [1.807, 2.05) is 32.9 Å². The highest BCUT2D eigenvalue weighted by atomic mass is 19.1. The quantitative estimate of drug-likeness (QED) is 0.846. The molecule has 0 spiro atoms. The van der Waals surface area contributed by atoms with Crippen LogP contribution in [0.25, 0.3) is 0 Å². The second kappa shape index (κ2) is 8.61. The predicted molar refractivity (Wildman–Crippen MR) is 101 cm³/mol. The Kier molecular flexibility index (Phi) is 6.50. The molecule has 2 rings (SSSR count). The molecule has 0 saturated heterocycles. The summed E-state index contributed by atoms with van der Waals surface area (Å²) in [5.74, 6) is -0.710. The Morgan fingerprint density at radius 2 is 1.69 bits per heavy atom. The summed E-state index contributed by atoms with van der Waals surface area (Å²) in [5, 5.41) is 2.92. The summed E-state index contributed by atoms with van der Waals surface area (Å²) in [7, 11) is 0. The average Bonchev–Trinajstić information content (AvgIpc) is 2.56. The van der Waals surface area contributed by atoms with Gasteiger partial charge in [0.05, 0.1) is 0 Å². The fraction of sp³-hybridized carbons (Fsp3) is 0.333. The molecule has 2 amide bonds. The van der Waals surface area contributed by atoms with Crippen LogP contribution in [-0.4, -0.2) is 23.3 Å². The van der Waals surface area contributed by atoms with E-state index in [0.29, 0.717) is 5.56 Å². The van der Waals surface area contributed by atoms with Gasteiger partial charge in [-0.15, -0.1) is 0 Å². The second-order valence-electron chi connectivity index (χ2n) is 6.60. The Balaban J connectivity index is 2.00. The normalized spacial score (nSPS) is 10.5. The van der Waals surface area contributed by atoms with Gasteiger partial charge in [-0.1, -0.05) is 35.9 Å². The third-order valence-electron chi connectivity index (χ3n) is 4.31. The van der Waals surface area contributed by atoms with E-state index in [0.717, 1.165) is 22.4 Å². The van der Waals surface area contributed by atoms with Crippen LogP contribution in [0, 0.1) is 26.6 Å². The monoisotopic (exact) mass is 356 g/mol. The van der Waals surface area contributed by atoms with Crippen molar-refractivity contribution in [1.29, 1.82) is 0 Å². The minimum absolute atomic E-state index is 0.151. The summed E-state index contributed by atoms with van der Waals surface area (Å²) in [4.78, 5) is 25.7. The fourth-order valence-corrected chi connectivity index (χ4v) is 3.00. The number of benzene rings is 2. The Hall–Kier alpha value is -2.69. The summed E-state index contributed by atoms with van der Waals surface area (Å²) in [6, 6.07) is 10.4. The molecule has 0 aliphatic carbocycles. The Morgan fingerprint density at radius 3 is 2.27 bits per heavy atom. The van der Waals surface area contributed by atoms with Crippen molar-refractivity contribution in [1.82, 2.24) is 4.90 Å². The molecule has 0 aliphatic heterocycles. The van der Waals surface area contributed by atoms with E-state index in [-0.39, 0.29) is 37.1 Å². The molecule has 5 heteroatoms. The standard InChI is InChI=1S/C21H25FN2O2/c1-14-11-15(2)21(16(3)12-14)23-20(26)9-10-24(17(4)25)13-18-7-5-6-8-19(18)22/h5-8,11-12H,9-10,13H2,1-4H3,(H,23,26). The molecule has 0 aromatic heterocycles. The minimum Gasteiger partial charge on any atom is -0.338 e. The first kappa shape index (κ1) is 19.6. The molecule has 2 aromatic rings. The number of carbonyl (C=O) groups is 2.